The zero-order valence-electron chi connectivity index (χ0n) is 18.4. The molecule has 0 N–H and O–H groups in total. The van der Waals surface area contributed by atoms with Crippen molar-refractivity contribution in [1.82, 2.24) is 4.57 Å². The van der Waals surface area contributed by atoms with Crippen molar-refractivity contribution in [2.75, 3.05) is 11.4 Å². The van der Waals surface area contributed by atoms with Crippen LogP contribution in [0.4, 0.5) is 5.69 Å². The van der Waals surface area contributed by atoms with Gasteiger partial charge < -0.3 is 4.90 Å². The molecule has 0 unspecified atom stereocenters. The number of anilines is 1. The lowest BCUT2D eigenvalue weighted by molar-refractivity contribution is 0.0910. The van der Waals surface area contributed by atoms with Gasteiger partial charge in [-0.3, -0.25) is 19.0 Å². The highest BCUT2D eigenvalue weighted by Gasteiger charge is 2.37. The van der Waals surface area contributed by atoms with Gasteiger partial charge in [-0.05, 0) is 60.7 Å². The van der Waals surface area contributed by atoms with Crippen LogP contribution in [0.5, 0.6) is 0 Å². The number of amides is 1. The van der Waals surface area contributed by atoms with Gasteiger partial charge in [0, 0.05) is 41.1 Å². The standard InChI is InChI=1S/C26H25ClN2O3/c1-4-28(18-8-6-5-7-9-18)24(31)23-20-14-26(2,3)15-22(30)21(20)16-29(25(23)32)19-12-10-17(27)11-13-19/h5-13,16H,4,14-15H2,1-3H3. The Morgan fingerprint density at radius 3 is 2.31 bits per heavy atom. The van der Waals surface area contributed by atoms with E-state index in [1.807, 2.05) is 51.1 Å². The summed E-state index contributed by atoms with van der Waals surface area (Å²) in [6.45, 7) is 6.24. The Bertz CT molecular complexity index is 1240. The summed E-state index contributed by atoms with van der Waals surface area (Å²) in [6, 6.07) is 16.0. The number of hydrogen-bond acceptors (Lipinski definition) is 3. The quantitative estimate of drug-likeness (QED) is 0.543. The van der Waals surface area contributed by atoms with E-state index in [9.17, 15) is 14.4 Å². The molecule has 0 atom stereocenters. The summed E-state index contributed by atoms with van der Waals surface area (Å²) in [5.41, 5.74) is 1.53. The smallest absolute Gasteiger partial charge is 0.268 e. The van der Waals surface area contributed by atoms with Gasteiger partial charge in [0.1, 0.15) is 5.56 Å². The number of Topliss-reactive ketones (excluding diaryl/α,β-unsaturated/α-hetero) is 1. The highest BCUT2D eigenvalue weighted by Crippen LogP contribution is 2.36. The summed E-state index contributed by atoms with van der Waals surface area (Å²) in [7, 11) is 0. The molecule has 0 bridgehead atoms. The molecule has 5 nitrogen and oxygen atoms in total. The monoisotopic (exact) mass is 448 g/mol. The summed E-state index contributed by atoms with van der Waals surface area (Å²) in [6.07, 6.45) is 2.43. The first-order chi connectivity index (χ1) is 15.2. The van der Waals surface area contributed by atoms with Gasteiger partial charge in [-0.25, -0.2) is 0 Å². The molecule has 4 rings (SSSR count). The second-order valence-electron chi connectivity index (χ2n) is 8.87. The Labute approximate surface area is 192 Å². The van der Waals surface area contributed by atoms with Crippen LogP contribution in [0.15, 0.2) is 65.6 Å². The molecule has 0 aliphatic heterocycles. The minimum atomic E-state index is -0.434. The number of nitrogens with zero attached hydrogens (tertiary/aromatic N) is 2. The van der Waals surface area contributed by atoms with E-state index < -0.39 is 11.5 Å². The fourth-order valence-corrected chi connectivity index (χ4v) is 4.47. The second kappa shape index (κ2) is 8.40. The molecule has 1 heterocycles. The van der Waals surface area contributed by atoms with Gasteiger partial charge in [0.25, 0.3) is 11.5 Å². The van der Waals surface area contributed by atoms with Crippen LogP contribution < -0.4 is 10.5 Å². The van der Waals surface area contributed by atoms with Crippen molar-refractivity contribution in [1.29, 1.82) is 0 Å². The van der Waals surface area contributed by atoms with Crippen molar-refractivity contribution in [3.63, 3.8) is 0 Å². The predicted molar refractivity (Wildman–Crippen MR) is 127 cm³/mol. The number of ketones is 1. The topological polar surface area (TPSA) is 59.4 Å². The maximum absolute atomic E-state index is 13.8. The lowest BCUT2D eigenvalue weighted by Gasteiger charge is -2.32. The summed E-state index contributed by atoms with van der Waals surface area (Å²) in [5.74, 6) is -0.454. The fraction of sp³-hybridized carbons (Fsp3) is 0.269. The van der Waals surface area contributed by atoms with Crippen molar-refractivity contribution >= 4 is 29.0 Å². The van der Waals surface area contributed by atoms with Crippen molar-refractivity contribution < 1.29 is 9.59 Å². The van der Waals surface area contributed by atoms with Gasteiger partial charge in [-0.1, -0.05) is 43.6 Å². The van der Waals surface area contributed by atoms with E-state index >= 15 is 0 Å². The molecule has 1 aliphatic rings. The second-order valence-corrected chi connectivity index (χ2v) is 9.31. The number of para-hydroxylation sites is 1. The van der Waals surface area contributed by atoms with E-state index in [2.05, 4.69) is 0 Å². The predicted octanol–water partition coefficient (Wildman–Crippen LogP) is 5.31. The summed E-state index contributed by atoms with van der Waals surface area (Å²) >= 11 is 6.02. The molecule has 2 aromatic carbocycles. The zero-order valence-corrected chi connectivity index (χ0v) is 19.1. The largest absolute Gasteiger partial charge is 0.308 e. The zero-order chi connectivity index (χ0) is 23.0. The number of carbonyl (C=O) groups excluding carboxylic acids is 2. The third-order valence-electron chi connectivity index (χ3n) is 5.86. The molecule has 0 radical (unpaired) electrons. The van der Waals surface area contributed by atoms with Crippen molar-refractivity contribution in [2.24, 2.45) is 5.41 Å². The third-order valence-corrected chi connectivity index (χ3v) is 6.11. The van der Waals surface area contributed by atoms with E-state index in [4.69, 9.17) is 11.6 Å². The van der Waals surface area contributed by atoms with Crippen molar-refractivity contribution in [3.8, 4) is 5.69 Å². The summed E-state index contributed by atoms with van der Waals surface area (Å²) < 4.78 is 1.39. The molecule has 1 aromatic heterocycles. The molecule has 3 aromatic rings. The van der Waals surface area contributed by atoms with Gasteiger partial charge in [-0.2, -0.15) is 0 Å². The van der Waals surface area contributed by atoms with Crippen LogP contribution in [0.1, 0.15) is 53.5 Å². The van der Waals surface area contributed by atoms with Crippen molar-refractivity contribution in [2.45, 2.75) is 33.6 Å². The first-order valence-electron chi connectivity index (χ1n) is 10.7. The Morgan fingerprint density at radius 1 is 1.03 bits per heavy atom. The third kappa shape index (κ3) is 4.00. The molecule has 0 spiro atoms. The van der Waals surface area contributed by atoms with Crippen LogP contribution in [0.25, 0.3) is 5.69 Å². The maximum Gasteiger partial charge on any atom is 0.268 e. The summed E-state index contributed by atoms with van der Waals surface area (Å²) in [4.78, 5) is 42.2. The molecule has 0 fully saturated rings. The number of fused-ring (bicyclic) bond motifs is 1. The van der Waals surface area contributed by atoms with Crippen LogP contribution in [0.2, 0.25) is 5.02 Å². The van der Waals surface area contributed by atoms with E-state index in [0.29, 0.717) is 46.9 Å². The molecule has 32 heavy (non-hydrogen) atoms. The Kier molecular flexibility index (Phi) is 5.78. The van der Waals surface area contributed by atoms with Gasteiger partial charge in [0.15, 0.2) is 5.78 Å². The van der Waals surface area contributed by atoms with Crippen LogP contribution >= 0.6 is 11.6 Å². The molecule has 6 heteroatoms. The molecule has 1 amide bonds. The minimum absolute atomic E-state index is 0.0595. The van der Waals surface area contributed by atoms with Gasteiger partial charge >= 0.3 is 0 Å². The first kappa shape index (κ1) is 22.0. The number of carbonyl (C=O) groups is 2. The number of aromatic nitrogens is 1. The van der Waals surface area contributed by atoms with Crippen molar-refractivity contribution in [3.05, 3.63) is 92.9 Å². The number of halogens is 1. The van der Waals surface area contributed by atoms with E-state index in [0.717, 1.165) is 0 Å². The molecular weight excluding hydrogens is 424 g/mol. The van der Waals surface area contributed by atoms with Crippen LogP contribution in [0, 0.1) is 5.41 Å². The lowest BCUT2D eigenvalue weighted by Crippen LogP contribution is -2.41. The van der Waals surface area contributed by atoms with E-state index in [1.54, 1.807) is 35.4 Å². The van der Waals surface area contributed by atoms with Gasteiger partial charge in [0.05, 0.1) is 0 Å². The fourth-order valence-electron chi connectivity index (χ4n) is 4.35. The van der Waals surface area contributed by atoms with Crippen LogP contribution in [-0.2, 0) is 6.42 Å². The Morgan fingerprint density at radius 2 is 1.69 bits per heavy atom. The molecule has 0 saturated carbocycles. The lowest BCUT2D eigenvalue weighted by atomic mass is 9.73. The van der Waals surface area contributed by atoms with E-state index in [-0.39, 0.29) is 16.8 Å². The SMILES string of the molecule is CCN(C(=O)c1c2c(cn(-c3ccc(Cl)cc3)c1=O)C(=O)CC(C)(C)C2)c1ccccc1. The van der Waals surface area contributed by atoms with E-state index in [1.165, 1.54) is 4.57 Å². The molecular formula is C26H25ClN2O3. The number of pyridine rings is 1. The molecule has 164 valence electrons. The highest BCUT2D eigenvalue weighted by molar-refractivity contribution is 6.30. The average molecular weight is 449 g/mol. The average Bonchev–Trinajstić information content (AvgIpc) is 2.75. The minimum Gasteiger partial charge on any atom is -0.308 e. The van der Waals surface area contributed by atoms with Crippen LogP contribution in [0.3, 0.4) is 0 Å². The number of hydrogen-bond donors (Lipinski definition) is 0. The normalized spacial score (nSPS) is 14.7. The highest BCUT2D eigenvalue weighted by atomic mass is 35.5. The Balaban J connectivity index is 1.97. The Hall–Kier alpha value is -3.18. The number of benzene rings is 2. The molecule has 0 saturated heterocycles. The molecule has 1 aliphatic carbocycles. The summed E-state index contributed by atoms with van der Waals surface area (Å²) in [5, 5.41) is 0.537. The van der Waals surface area contributed by atoms with Gasteiger partial charge in [-0.15, -0.1) is 0 Å². The maximum atomic E-state index is 13.8. The number of rotatable bonds is 4. The van der Waals surface area contributed by atoms with Gasteiger partial charge in [0.2, 0.25) is 0 Å². The van der Waals surface area contributed by atoms with Crippen LogP contribution in [-0.4, -0.2) is 22.8 Å². The first-order valence-corrected chi connectivity index (χ1v) is 11.0.